The second-order valence-electron chi connectivity index (χ2n) is 0. The van der Waals surface area contributed by atoms with Crippen molar-refractivity contribution >= 4 is 53.9 Å². The van der Waals surface area contributed by atoms with E-state index < -0.39 is 0 Å². The Labute approximate surface area is 142 Å². The first-order valence-electron chi connectivity index (χ1n) is 0.443. The van der Waals surface area contributed by atoms with Crippen LogP contribution in [0.3, 0.4) is 0 Å². The normalized spacial score (nSPS) is 0.700. The zero-order chi connectivity index (χ0) is 4.00. The van der Waals surface area contributed by atoms with Crippen molar-refractivity contribution in [1.29, 1.82) is 0 Å². The Hall–Kier alpha value is 3.85. The number of hydrogen-bond acceptors (Lipinski definition) is 2. The predicted octanol–water partition coefficient (Wildman–Crippen LogP) is -2.20. The molecule has 0 aliphatic heterocycles. The molecule has 0 fully saturated rings. The van der Waals surface area contributed by atoms with Crippen LogP contribution in [0.2, 0.25) is 0 Å². The molecule has 65 valence electrons. The van der Waals surface area contributed by atoms with Crippen molar-refractivity contribution in [2.24, 2.45) is 0 Å². The van der Waals surface area contributed by atoms with Gasteiger partial charge in [0, 0.05) is 66.5 Å². The minimum atomic E-state index is 0. The van der Waals surface area contributed by atoms with Gasteiger partial charge in [-0.05, 0) is 0 Å². The van der Waals surface area contributed by atoms with Crippen LogP contribution in [0, 0.1) is 0 Å². The van der Waals surface area contributed by atoms with Gasteiger partial charge in [0.25, 0.3) is 0 Å². The van der Waals surface area contributed by atoms with Crippen molar-refractivity contribution in [3.05, 3.63) is 0 Å². The Kier molecular flexibility index (Phi) is 815. The summed E-state index contributed by atoms with van der Waals surface area (Å²) in [5.74, 6) is 0. The monoisotopic (exact) mass is 365 g/mol. The first kappa shape index (κ1) is 66.9. The molecule has 0 rings (SSSR count). The third-order valence-electron chi connectivity index (χ3n) is 0. The summed E-state index contributed by atoms with van der Waals surface area (Å²) < 4.78 is 16.3. The van der Waals surface area contributed by atoms with E-state index in [2.05, 4.69) is 0 Å². The quantitative estimate of drug-likeness (QED) is 0.457. The molecule has 10 heavy (non-hydrogen) atoms. The molecule has 2 radical (unpaired) electrons. The van der Waals surface area contributed by atoms with Crippen LogP contribution in [-0.2, 0) is 90.1 Å². The molecule has 0 aliphatic rings. The molecule has 10 heteroatoms. The van der Waals surface area contributed by atoms with Crippen molar-refractivity contribution in [2.75, 3.05) is 0 Å². The fourth-order valence-corrected chi connectivity index (χ4v) is 0. The second kappa shape index (κ2) is 122. The van der Waals surface area contributed by atoms with Gasteiger partial charge in [-0.2, -0.15) is 0 Å². The Bertz CT molecular complexity index is 27.2. The van der Waals surface area contributed by atoms with Gasteiger partial charge in [0.05, 0.1) is 0 Å². The van der Waals surface area contributed by atoms with Crippen molar-refractivity contribution < 1.29 is 90.1 Å². The van der Waals surface area contributed by atoms with Crippen molar-refractivity contribution in [2.45, 2.75) is 0 Å². The summed E-state index contributed by atoms with van der Waals surface area (Å²) >= 11 is 2.30. The van der Waals surface area contributed by atoms with Crippen LogP contribution in [0.15, 0.2) is 0 Å². The predicted molar refractivity (Wildman–Crippen MR) is 22.8 cm³/mol. The molecule has 0 spiro atoms. The summed E-state index contributed by atoms with van der Waals surface area (Å²) in [7, 11) is 0. The van der Waals surface area contributed by atoms with E-state index in [1.807, 2.05) is 0 Å². The summed E-state index contributed by atoms with van der Waals surface area (Å²) in [6.45, 7) is 0. The molecule has 0 saturated heterocycles. The van der Waals surface area contributed by atoms with Gasteiger partial charge in [0.2, 0.25) is 0 Å². The molecule has 0 saturated carbocycles. The van der Waals surface area contributed by atoms with E-state index in [1.165, 1.54) is 0 Å². The minimum absolute atomic E-state index is 0. The van der Waals surface area contributed by atoms with Crippen molar-refractivity contribution in [1.82, 2.24) is 0 Å². The van der Waals surface area contributed by atoms with Gasteiger partial charge in [-0.3, -0.25) is 0 Å². The SMILES string of the molecule is [Co].[Co].[LiH].[LiH].[Ni].[Ni].[O]=[AlH].[O]=[Mn]. The van der Waals surface area contributed by atoms with Gasteiger partial charge in [-0.25, -0.2) is 0 Å². The summed E-state index contributed by atoms with van der Waals surface area (Å²) in [6.07, 6.45) is 0. The number of hydrogen-bond donors (Lipinski definition) is 0. The van der Waals surface area contributed by atoms with Crippen LogP contribution in [0.25, 0.3) is 0 Å². The Morgan fingerprint density at radius 2 is 0.800 bits per heavy atom. The van der Waals surface area contributed by atoms with E-state index in [-0.39, 0.29) is 104 Å². The van der Waals surface area contributed by atoms with Crippen LogP contribution in [0.5, 0.6) is 0 Å². The number of rotatable bonds is 0. The Balaban J connectivity index is -0.000000000833. The van der Waals surface area contributed by atoms with E-state index in [0.717, 1.165) is 0 Å². The molecule has 0 atom stereocenters. The molecule has 0 amide bonds. The summed E-state index contributed by atoms with van der Waals surface area (Å²) in [5.41, 5.74) is 0. The van der Waals surface area contributed by atoms with Crippen LogP contribution >= 0.6 is 0 Å². The first-order chi connectivity index (χ1) is 2.00. The van der Waals surface area contributed by atoms with Crippen LogP contribution in [-0.4, -0.2) is 53.9 Å². The molecule has 0 bridgehead atoms. The average Bonchev–Trinajstić information content (AvgIpc) is 1.50. The Morgan fingerprint density at radius 3 is 0.800 bits per heavy atom. The van der Waals surface area contributed by atoms with E-state index in [9.17, 15) is 0 Å². The summed E-state index contributed by atoms with van der Waals surface area (Å²) in [5, 5.41) is 0. The molecule has 0 unspecified atom stereocenters. The van der Waals surface area contributed by atoms with E-state index >= 15 is 0 Å². The van der Waals surface area contributed by atoms with Crippen LogP contribution in [0.1, 0.15) is 0 Å². The van der Waals surface area contributed by atoms with Crippen molar-refractivity contribution in [3.63, 3.8) is 0 Å². The molecule has 0 aromatic rings. The van der Waals surface area contributed by atoms with Gasteiger partial charge in [-0.15, -0.1) is 0 Å². The zero-order valence-electron chi connectivity index (χ0n) is 3.20. The van der Waals surface area contributed by atoms with Gasteiger partial charge in [0.15, 0.2) is 0 Å². The maximum atomic E-state index is 8.28. The third kappa shape index (κ3) is 94.2. The second-order valence-corrected chi connectivity index (χ2v) is 0. The summed E-state index contributed by atoms with van der Waals surface area (Å²) in [6, 6.07) is 0. The molecule has 0 N–H and O–H groups in total. The first-order valence-corrected chi connectivity index (χ1v) is 1.50. The standard InChI is InChI=1S/Al.2Co.2Li.Mn.2Ni.2O.3H. The summed E-state index contributed by atoms with van der Waals surface area (Å²) in [4.78, 5) is 0. The molecule has 0 aliphatic carbocycles. The molecule has 0 heterocycles. The maximum absolute atomic E-state index is 8.28. The molecular weight excluding hydrogens is 363 g/mol. The van der Waals surface area contributed by atoms with Gasteiger partial charge in [-0.1, -0.05) is 0 Å². The zero-order valence-corrected chi connectivity index (χ0v) is 9.85. The van der Waals surface area contributed by atoms with Gasteiger partial charge in [0.1, 0.15) is 0 Å². The van der Waals surface area contributed by atoms with E-state index in [0.29, 0.717) is 16.2 Å². The van der Waals surface area contributed by atoms with Crippen molar-refractivity contribution in [3.8, 4) is 0 Å². The fraction of sp³-hybridized carbons (Fsp3) is 0. The van der Waals surface area contributed by atoms with Gasteiger partial charge >= 0.3 is 77.5 Å². The molecule has 0 aromatic heterocycles. The fourth-order valence-electron chi connectivity index (χ4n) is 0. The van der Waals surface area contributed by atoms with E-state index in [4.69, 9.17) is 7.64 Å². The van der Waals surface area contributed by atoms with Crippen LogP contribution in [0.4, 0.5) is 0 Å². The van der Waals surface area contributed by atoms with Crippen LogP contribution < -0.4 is 0 Å². The average molecular weight is 366 g/mol. The molecule has 2 nitrogen and oxygen atoms in total. The molecular formula is H3AlCo2Li2MnNi2O2. The third-order valence-corrected chi connectivity index (χ3v) is 0. The molecule has 0 aromatic carbocycles. The van der Waals surface area contributed by atoms with Gasteiger partial charge < -0.3 is 0 Å². The topological polar surface area (TPSA) is 34.1 Å². The van der Waals surface area contributed by atoms with E-state index in [1.54, 1.807) is 15.9 Å². The Morgan fingerprint density at radius 1 is 0.800 bits per heavy atom.